The lowest BCUT2D eigenvalue weighted by molar-refractivity contribution is -0.166. The molecule has 1 aliphatic rings. The van der Waals surface area contributed by atoms with Crippen LogP contribution in [0.1, 0.15) is 43.3 Å². The molecular formula is C19H27ClN4O2S. The number of ether oxygens (including phenoxy) is 1. The molecule has 0 aliphatic heterocycles. The van der Waals surface area contributed by atoms with Gasteiger partial charge >= 0.3 is 0 Å². The summed E-state index contributed by atoms with van der Waals surface area (Å²) < 4.78 is 5.68. The minimum Gasteiger partial charge on any atom is -0.378 e. The van der Waals surface area contributed by atoms with Crippen LogP contribution in [0.2, 0.25) is 0 Å². The fraction of sp³-hybridized carbons (Fsp3) is 0.526. The first-order valence-corrected chi connectivity index (χ1v) is 9.68. The molecule has 1 fully saturated rings. The van der Waals surface area contributed by atoms with Gasteiger partial charge in [-0.2, -0.15) is 0 Å². The zero-order valence-corrected chi connectivity index (χ0v) is 17.7. The third-order valence-corrected chi connectivity index (χ3v) is 6.24. The molecule has 148 valence electrons. The number of amides is 1. The van der Waals surface area contributed by atoms with Crippen LogP contribution < -0.4 is 11.1 Å². The van der Waals surface area contributed by atoms with Crippen molar-refractivity contribution in [3.05, 3.63) is 40.4 Å². The van der Waals surface area contributed by atoms with Gasteiger partial charge in [0.25, 0.3) is 0 Å². The predicted octanol–water partition coefficient (Wildman–Crippen LogP) is 3.33. The lowest BCUT2D eigenvalue weighted by Crippen LogP contribution is -2.74. The number of hydrogen-bond acceptors (Lipinski definition) is 6. The van der Waals surface area contributed by atoms with Gasteiger partial charge in [0.15, 0.2) is 0 Å². The van der Waals surface area contributed by atoms with E-state index in [1.54, 1.807) is 0 Å². The Bertz CT molecular complexity index is 793. The normalized spacial score (nSPS) is 23.2. The molecule has 27 heavy (non-hydrogen) atoms. The van der Waals surface area contributed by atoms with Gasteiger partial charge in [-0.05, 0) is 19.4 Å². The molecule has 3 rings (SSSR count). The number of halogens is 1. The van der Waals surface area contributed by atoms with Gasteiger partial charge in [-0.25, -0.2) is 0 Å². The van der Waals surface area contributed by atoms with Crippen molar-refractivity contribution in [1.82, 2.24) is 10.2 Å². The third kappa shape index (κ3) is 4.16. The van der Waals surface area contributed by atoms with Crippen LogP contribution in [0.4, 0.5) is 5.13 Å². The van der Waals surface area contributed by atoms with Crippen molar-refractivity contribution in [2.45, 2.75) is 52.2 Å². The van der Waals surface area contributed by atoms with Gasteiger partial charge in [-0.3, -0.25) is 10.1 Å². The van der Waals surface area contributed by atoms with E-state index >= 15 is 0 Å². The summed E-state index contributed by atoms with van der Waals surface area (Å²) in [5.74, 6) is -0.225. The molecule has 0 spiro atoms. The van der Waals surface area contributed by atoms with Gasteiger partial charge in [0.2, 0.25) is 11.0 Å². The predicted molar refractivity (Wildman–Crippen MR) is 111 cm³/mol. The number of nitrogens with zero attached hydrogens (tertiary/aromatic N) is 2. The minimum absolute atomic E-state index is 0. The van der Waals surface area contributed by atoms with Crippen LogP contribution in [-0.2, 0) is 16.0 Å². The smallest absolute Gasteiger partial charge is 0.247 e. The van der Waals surface area contributed by atoms with Crippen molar-refractivity contribution in [3.8, 4) is 0 Å². The van der Waals surface area contributed by atoms with E-state index in [-0.39, 0.29) is 24.4 Å². The molecule has 0 bridgehead atoms. The van der Waals surface area contributed by atoms with Crippen LogP contribution in [0.15, 0.2) is 24.3 Å². The molecule has 0 saturated heterocycles. The summed E-state index contributed by atoms with van der Waals surface area (Å²) in [6.45, 7) is 8.57. The second-order valence-corrected chi connectivity index (χ2v) is 8.52. The molecule has 6 nitrogen and oxygen atoms in total. The van der Waals surface area contributed by atoms with Crippen LogP contribution in [-0.4, -0.2) is 34.4 Å². The fourth-order valence-electron chi connectivity index (χ4n) is 3.29. The lowest BCUT2D eigenvalue weighted by Gasteiger charge is -2.57. The molecule has 2 aromatic rings. The Kier molecular flexibility index (Phi) is 6.63. The topological polar surface area (TPSA) is 90.1 Å². The van der Waals surface area contributed by atoms with E-state index < -0.39 is 11.0 Å². The zero-order valence-electron chi connectivity index (χ0n) is 16.1. The number of hydrogen-bond donors (Lipinski definition) is 2. The van der Waals surface area contributed by atoms with Gasteiger partial charge < -0.3 is 10.5 Å². The van der Waals surface area contributed by atoms with Gasteiger partial charge in [0.1, 0.15) is 10.5 Å². The van der Waals surface area contributed by atoms with E-state index in [4.69, 9.17) is 10.5 Å². The van der Waals surface area contributed by atoms with Crippen LogP contribution in [0.25, 0.3) is 0 Å². The maximum absolute atomic E-state index is 12.7. The van der Waals surface area contributed by atoms with Gasteiger partial charge in [-0.15, -0.1) is 22.6 Å². The van der Waals surface area contributed by atoms with E-state index in [9.17, 15) is 4.79 Å². The van der Waals surface area contributed by atoms with E-state index in [0.717, 1.165) is 5.01 Å². The quantitative estimate of drug-likeness (QED) is 0.762. The van der Waals surface area contributed by atoms with E-state index in [2.05, 4.69) is 46.7 Å². The molecule has 2 unspecified atom stereocenters. The van der Waals surface area contributed by atoms with Crippen LogP contribution in [0, 0.1) is 12.3 Å². The molecule has 1 saturated carbocycles. The maximum atomic E-state index is 12.7. The second kappa shape index (κ2) is 8.22. The van der Waals surface area contributed by atoms with Crippen LogP contribution in [0.3, 0.4) is 0 Å². The van der Waals surface area contributed by atoms with E-state index in [1.807, 2.05) is 20.8 Å². The van der Waals surface area contributed by atoms with E-state index in [1.165, 1.54) is 22.5 Å². The number of nitrogens with one attached hydrogen (secondary N) is 1. The van der Waals surface area contributed by atoms with Gasteiger partial charge in [0, 0.05) is 24.9 Å². The number of benzene rings is 1. The Balaban J connectivity index is 0.00000261. The molecule has 3 N–H and O–H groups in total. The van der Waals surface area contributed by atoms with Crippen LogP contribution >= 0.6 is 23.7 Å². The SMILES string of the molecule is CCOC1CC(N)(C(=O)Nc2nnc(Cc3ccc(C)cc3)s2)C1(C)C.Cl. The third-order valence-electron chi connectivity index (χ3n) is 5.40. The molecule has 1 aromatic carbocycles. The first-order chi connectivity index (χ1) is 12.3. The Morgan fingerprint density at radius 2 is 2.00 bits per heavy atom. The van der Waals surface area contributed by atoms with Crippen molar-refractivity contribution in [2.75, 3.05) is 11.9 Å². The molecule has 8 heteroatoms. The number of aromatic nitrogens is 2. The van der Waals surface area contributed by atoms with Crippen molar-refractivity contribution >= 4 is 34.8 Å². The number of carbonyl (C=O) groups is 1. The Morgan fingerprint density at radius 1 is 1.33 bits per heavy atom. The van der Waals surface area contributed by atoms with Gasteiger partial charge in [0.05, 0.1) is 6.10 Å². The summed E-state index contributed by atoms with van der Waals surface area (Å²) in [5.41, 5.74) is 7.40. The summed E-state index contributed by atoms with van der Waals surface area (Å²) in [5, 5.41) is 12.5. The van der Waals surface area contributed by atoms with E-state index in [0.29, 0.717) is 24.6 Å². The molecule has 0 radical (unpaired) electrons. The molecule has 2 atom stereocenters. The highest BCUT2D eigenvalue weighted by atomic mass is 35.5. The Morgan fingerprint density at radius 3 is 2.59 bits per heavy atom. The lowest BCUT2D eigenvalue weighted by atomic mass is 9.54. The maximum Gasteiger partial charge on any atom is 0.247 e. The summed E-state index contributed by atoms with van der Waals surface area (Å²) in [4.78, 5) is 12.7. The average molecular weight is 411 g/mol. The summed E-state index contributed by atoms with van der Waals surface area (Å²) in [7, 11) is 0. The largest absolute Gasteiger partial charge is 0.378 e. The molecule has 1 aromatic heterocycles. The second-order valence-electron chi connectivity index (χ2n) is 7.46. The van der Waals surface area contributed by atoms with Crippen LogP contribution in [0.5, 0.6) is 0 Å². The highest BCUT2D eigenvalue weighted by Crippen LogP contribution is 2.50. The number of rotatable bonds is 6. The first-order valence-electron chi connectivity index (χ1n) is 8.86. The summed E-state index contributed by atoms with van der Waals surface area (Å²) in [6, 6.07) is 8.30. The molecule has 1 heterocycles. The highest BCUT2D eigenvalue weighted by molar-refractivity contribution is 7.15. The Hall–Kier alpha value is -1.54. The molecular weight excluding hydrogens is 384 g/mol. The summed E-state index contributed by atoms with van der Waals surface area (Å²) >= 11 is 1.38. The average Bonchev–Trinajstić information content (AvgIpc) is 3.03. The zero-order chi connectivity index (χ0) is 18.9. The first kappa shape index (κ1) is 21.8. The number of aryl methyl sites for hydroxylation is 1. The molecule has 1 amide bonds. The minimum atomic E-state index is -0.963. The summed E-state index contributed by atoms with van der Waals surface area (Å²) in [6.07, 6.45) is 1.20. The number of nitrogens with two attached hydrogens (primary N) is 1. The van der Waals surface area contributed by atoms with Crippen molar-refractivity contribution in [1.29, 1.82) is 0 Å². The fourth-order valence-corrected chi connectivity index (χ4v) is 4.05. The highest BCUT2D eigenvalue weighted by Gasteiger charge is 2.63. The standard InChI is InChI=1S/C19H26N4O2S.ClH/c1-5-25-14-11-19(20,18(14,3)4)16(24)21-17-23-22-15(26-17)10-13-8-6-12(2)7-9-13;/h6-9,14H,5,10-11,20H2,1-4H3,(H,21,23,24);1H. The number of anilines is 1. The Labute approximate surface area is 170 Å². The van der Waals surface area contributed by atoms with Crippen molar-refractivity contribution in [3.63, 3.8) is 0 Å². The van der Waals surface area contributed by atoms with Crippen molar-refractivity contribution in [2.24, 2.45) is 11.1 Å². The van der Waals surface area contributed by atoms with Gasteiger partial charge in [-0.1, -0.05) is 55.0 Å². The molecule has 1 aliphatic carbocycles. The monoisotopic (exact) mass is 410 g/mol. The number of carbonyl (C=O) groups excluding carboxylic acids is 1. The van der Waals surface area contributed by atoms with Crippen molar-refractivity contribution < 1.29 is 9.53 Å².